The predicted molar refractivity (Wildman–Crippen MR) is 90.8 cm³/mol. The summed E-state index contributed by atoms with van der Waals surface area (Å²) in [6.07, 6.45) is 0. The number of ether oxygens (including phenoxy) is 2. The van der Waals surface area contributed by atoms with Crippen LogP contribution in [0.25, 0.3) is 10.8 Å². The fourth-order valence-electron chi connectivity index (χ4n) is 2.55. The maximum atomic E-state index is 5.30. The van der Waals surface area contributed by atoms with Crippen LogP contribution in [0.2, 0.25) is 0 Å². The van der Waals surface area contributed by atoms with Gasteiger partial charge in [-0.15, -0.1) is 0 Å². The van der Waals surface area contributed by atoms with Gasteiger partial charge in [-0.1, -0.05) is 42.5 Å². The van der Waals surface area contributed by atoms with Gasteiger partial charge < -0.3 is 14.8 Å². The lowest BCUT2D eigenvalue weighted by Crippen LogP contribution is -2.01. The van der Waals surface area contributed by atoms with E-state index >= 15 is 0 Å². The van der Waals surface area contributed by atoms with E-state index in [4.69, 9.17) is 9.47 Å². The number of nitrogens with one attached hydrogen (secondary N) is 1. The van der Waals surface area contributed by atoms with E-state index in [0.717, 1.165) is 23.7 Å². The van der Waals surface area contributed by atoms with Crippen molar-refractivity contribution in [2.24, 2.45) is 0 Å². The zero-order valence-corrected chi connectivity index (χ0v) is 12.8. The largest absolute Gasteiger partial charge is 0.497 e. The highest BCUT2D eigenvalue weighted by atomic mass is 16.5. The molecular formula is C19H19NO2. The van der Waals surface area contributed by atoms with Crippen LogP contribution < -0.4 is 14.8 Å². The van der Waals surface area contributed by atoms with Crippen LogP contribution in [0, 0.1) is 0 Å². The van der Waals surface area contributed by atoms with E-state index in [1.165, 1.54) is 16.3 Å². The molecule has 22 heavy (non-hydrogen) atoms. The number of hydrogen-bond donors (Lipinski definition) is 1. The first-order valence-electron chi connectivity index (χ1n) is 7.24. The Labute approximate surface area is 130 Å². The summed E-state index contributed by atoms with van der Waals surface area (Å²) >= 11 is 0. The first-order chi connectivity index (χ1) is 10.8. The molecule has 1 N–H and O–H groups in total. The maximum absolute atomic E-state index is 5.30. The molecule has 3 heteroatoms. The molecule has 3 rings (SSSR count). The maximum Gasteiger partial charge on any atom is 0.124 e. The molecule has 0 atom stereocenters. The second-order valence-electron chi connectivity index (χ2n) is 5.09. The van der Waals surface area contributed by atoms with Crippen LogP contribution in [0.15, 0.2) is 60.7 Å². The van der Waals surface area contributed by atoms with Crippen molar-refractivity contribution in [3.05, 3.63) is 66.2 Å². The molecule has 0 unspecified atom stereocenters. The SMILES string of the molecule is COc1cc(NCc2cccc3ccccc23)cc(OC)c1. The highest BCUT2D eigenvalue weighted by Crippen LogP contribution is 2.27. The number of benzene rings is 3. The van der Waals surface area contributed by atoms with Gasteiger partial charge >= 0.3 is 0 Å². The summed E-state index contributed by atoms with van der Waals surface area (Å²) in [4.78, 5) is 0. The molecule has 3 aromatic carbocycles. The molecule has 0 aliphatic heterocycles. The lowest BCUT2D eigenvalue weighted by Gasteiger charge is -2.12. The second kappa shape index (κ2) is 6.39. The smallest absolute Gasteiger partial charge is 0.124 e. The molecule has 0 fully saturated rings. The molecule has 0 heterocycles. The van der Waals surface area contributed by atoms with Gasteiger partial charge in [-0.2, -0.15) is 0 Å². The summed E-state index contributed by atoms with van der Waals surface area (Å²) in [5.74, 6) is 1.56. The van der Waals surface area contributed by atoms with Crippen molar-refractivity contribution in [1.29, 1.82) is 0 Å². The number of rotatable bonds is 5. The third-order valence-corrected chi connectivity index (χ3v) is 3.71. The average molecular weight is 293 g/mol. The van der Waals surface area contributed by atoms with E-state index in [1.54, 1.807) is 14.2 Å². The highest BCUT2D eigenvalue weighted by Gasteiger charge is 2.03. The molecule has 0 amide bonds. The third-order valence-electron chi connectivity index (χ3n) is 3.71. The van der Waals surface area contributed by atoms with Crippen LogP contribution in [0.5, 0.6) is 11.5 Å². The summed E-state index contributed by atoms with van der Waals surface area (Å²) in [6, 6.07) is 20.6. The Morgan fingerprint density at radius 3 is 2.23 bits per heavy atom. The Hall–Kier alpha value is -2.68. The minimum atomic E-state index is 0.748. The van der Waals surface area contributed by atoms with E-state index in [9.17, 15) is 0 Å². The standard InChI is InChI=1S/C19H19NO2/c1-21-17-10-16(11-18(12-17)22-2)20-13-15-8-5-7-14-6-3-4-9-19(14)15/h3-12,20H,13H2,1-2H3. The van der Waals surface area contributed by atoms with Crippen LogP contribution in [-0.4, -0.2) is 14.2 Å². The fourth-order valence-corrected chi connectivity index (χ4v) is 2.55. The summed E-state index contributed by atoms with van der Waals surface area (Å²) in [7, 11) is 3.31. The van der Waals surface area contributed by atoms with E-state index in [-0.39, 0.29) is 0 Å². The van der Waals surface area contributed by atoms with Crippen LogP contribution in [0.3, 0.4) is 0 Å². The number of methoxy groups -OCH3 is 2. The molecular weight excluding hydrogens is 274 g/mol. The quantitative estimate of drug-likeness (QED) is 0.753. The normalized spacial score (nSPS) is 10.5. The molecule has 0 radical (unpaired) electrons. The minimum absolute atomic E-state index is 0.748. The number of fused-ring (bicyclic) bond motifs is 1. The summed E-state index contributed by atoms with van der Waals surface area (Å²) in [6.45, 7) is 0.748. The highest BCUT2D eigenvalue weighted by molar-refractivity contribution is 5.85. The van der Waals surface area contributed by atoms with Crippen molar-refractivity contribution in [1.82, 2.24) is 0 Å². The van der Waals surface area contributed by atoms with Crippen LogP contribution in [0.4, 0.5) is 5.69 Å². The Balaban J connectivity index is 1.85. The molecule has 3 nitrogen and oxygen atoms in total. The zero-order chi connectivity index (χ0) is 15.4. The van der Waals surface area contributed by atoms with Crippen molar-refractivity contribution in [2.75, 3.05) is 19.5 Å². The average Bonchev–Trinajstić information content (AvgIpc) is 2.59. The lowest BCUT2D eigenvalue weighted by molar-refractivity contribution is 0.394. The first-order valence-corrected chi connectivity index (χ1v) is 7.24. The van der Waals surface area contributed by atoms with Crippen LogP contribution in [0.1, 0.15) is 5.56 Å². The fraction of sp³-hybridized carbons (Fsp3) is 0.158. The van der Waals surface area contributed by atoms with Gasteiger partial charge in [-0.05, 0) is 16.3 Å². The molecule has 3 aromatic rings. The van der Waals surface area contributed by atoms with Crippen LogP contribution >= 0.6 is 0 Å². The van der Waals surface area contributed by atoms with Crippen molar-refractivity contribution < 1.29 is 9.47 Å². The molecule has 0 spiro atoms. The zero-order valence-electron chi connectivity index (χ0n) is 12.8. The number of anilines is 1. The summed E-state index contributed by atoms with van der Waals surface area (Å²) in [5, 5.41) is 5.97. The van der Waals surface area contributed by atoms with E-state index in [0.29, 0.717) is 0 Å². The van der Waals surface area contributed by atoms with Gasteiger partial charge in [0, 0.05) is 30.4 Å². The first kappa shape index (κ1) is 14.3. The Bertz CT molecular complexity index is 756. The molecule has 112 valence electrons. The monoisotopic (exact) mass is 293 g/mol. The molecule has 0 saturated carbocycles. The van der Waals surface area contributed by atoms with E-state index in [1.807, 2.05) is 18.2 Å². The van der Waals surface area contributed by atoms with Crippen molar-refractivity contribution in [3.8, 4) is 11.5 Å². The lowest BCUT2D eigenvalue weighted by atomic mass is 10.0. The van der Waals surface area contributed by atoms with E-state index in [2.05, 4.69) is 47.8 Å². The van der Waals surface area contributed by atoms with Gasteiger partial charge in [0.15, 0.2) is 0 Å². The summed E-state index contributed by atoms with van der Waals surface area (Å²) < 4.78 is 10.6. The second-order valence-corrected chi connectivity index (χ2v) is 5.09. The minimum Gasteiger partial charge on any atom is -0.497 e. The topological polar surface area (TPSA) is 30.5 Å². The van der Waals surface area contributed by atoms with Gasteiger partial charge in [0.2, 0.25) is 0 Å². The molecule has 0 bridgehead atoms. The van der Waals surface area contributed by atoms with Gasteiger partial charge in [0.25, 0.3) is 0 Å². The van der Waals surface area contributed by atoms with Crippen molar-refractivity contribution >= 4 is 16.5 Å². The van der Waals surface area contributed by atoms with Gasteiger partial charge in [0.05, 0.1) is 14.2 Å². The van der Waals surface area contributed by atoms with Crippen LogP contribution in [-0.2, 0) is 6.54 Å². The summed E-state index contributed by atoms with van der Waals surface area (Å²) in [5.41, 5.74) is 2.24. The van der Waals surface area contributed by atoms with Gasteiger partial charge in [-0.25, -0.2) is 0 Å². The predicted octanol–water partition coefficient (Wildman–Crippen LogP) is 4.47. The van der Waals surface area contributed by atoms with E-state index < -0.39 is 0 Å². The molecule has 0 saturated heterocycles. The third kappa shape index (κ3) is 2.98. The Morgan fingerprint density at radius 1 is 0.818 bits per heavy atom. The van der Waals surface area contributed by atoms with Gasteiger partial charge in [0.1, 0.15) is 11.5 Å². The molecule has 0 aliphatic carbocycles. The molecule has 0 aromatic heterocycles. The molecule has 0 aliphatic rings. The van der Waals surface area contributed by atoms with Gasteiger partial charge in [-0.3, -0.25) is 0 Å². The van der Waals surface area contributed by atoms with Crippen molar-refractivity contribution in [2.45, 2.75) is 6.54 Å². The Kier molecular flexibility index (Phi) is 4.15. The Morgan fingerprint density at radius 2 is 1.50 bits per heavy atom. The number of hydrogen-bond acceptors (Lipinski definition) is 3. The van der Waals surface area contributed by atoms with Crippen molar-refractivity contribution in [3.63, 3.8) is 0 Å².